The summed E-state index contributed by atoms with van der Waals surface area (Å²) in [7, 11) is 0. The van der Waals surface area contributed by atoms with Gasteiger partial charge in [0.15, 0.2) is 0 Å². The lowest BCUT2D eigenvalue weighted by Gasteiger charge is -2.11. The number of carbonyl (C=O) groups is 1. The third kappa shape index (κ3) is 2.95. The van der Waals surface area contributed by atoms with E-state index in [-0.39, 0.29) is 11.9 Å². The second-order valence-corrected chi connectivity index (χ2v) is 3.53. The summed E-state index contributed by atoms with van der Waals surface area (Å²) in [6.45, 7) is 7.62. The Labute approximate surface area is 73.2 Å². The van der Waals surface area contributed by atoms with E-state index in [4.69, 9.17) is 0 Å². The quantitative estimate of drug-likeness (QED) is 0.609. The van der Waals surface area contributed by atoms with Gasteiger partial charge in [-0.05, 0) is 26.7 Å². The highest BCUT2D eigenvalue weighted by Gasteiger charge is 2.24. The molecule has 3 nitrogen and oxygen atoms in total. The van der Waals surface area contributed by atoms with E-state index in [0.717, 1.165) is 12.8 Å². The summed E-state index contributed by atoms with van der Waals surface area (Å²) >= 11 is 0. The third-order valence-electron chi connectivity index (χ3n) is 1.65. The molecule has 1 fully saturated rings. The Kier molecular flexibility index (Phi) is 2.74. The fraction of sp³-hybridized carbons (Fsp3) is 0.667. The monoisotopic (exact) mass is 168 g/mol. The predicted molar refractivity (Wildman–Crippen MR) is 48.6 cm³/mol. The van der Waals surface area contributed by atoms with E-state index in [1.165, 1.54) is 0 Å². The molecule has 0 atom stereocenters. The standard InChI is InChI=1S/C9H16N2O/c1-6(2)10-7(3)9(12)11-8-4-5-8/h6,8,10H,3-5H2,1-2H3,(H,11,12). The molecule has 0 spiro atoms. The van der Waals surface area contributed by atoms with Crippen LogP contribution >= 0.6 is 0 Å². The summed E-state index contributed by atoms with van der Waals surface area (Å²) < 4.78 is 0. The summed E-state index contributed by atoms with van der Waals surface area (Å²) in [6.07, 6.45) is 2.22. The maximum absolute atomic E-state index is 11.3. The van der Waals surface area contributed by atoms with Gasteiger partial charge in [0.25, 0.3) is 5.91 Å². The number of hydrogen-bond donors (Lipinski definition) is 2. The first kappa shape index (κ1) is 9.10. The van der Waals surface area contributed by atoms with Crippen LogP contribution in [0.2, 0.25) is 0 Å². The zero-order chi connectivity index (χ0) is 9.14. The van der Waals surface area contributed by atoms with Crippen molar-refractivity contribution in [3.63, 3.8) is 0 Å². The van der Waals surface area contributed by atoms with Crippen molar-refractivity contribution >= 4 is 5.91 Å². The molecule has 0 aromatic heterocycles. The summed E-state index contributed by atoms with van der Waals surface area (Å²) in [4.78, 5) is 11.3. The molecular weight excluding hydrogens is 152 g/mol. The van der Waals surface area contributed by atoms with Crippen LogP contribution in [0.15, 0.2) is 12.3 Å². The summed E-state index contributed by atoms with van der Waals surface area (Å²) in [6, 6.07) is 0.672. The smallest absolute Gasteiger partial charge is 0.266 e. The molecule has 0 aromatic carbocycles. The van der Waals surface area contributed by atoms with Gasteiger partial charge in [0, 0.05) is 12.1 Å². The molecule has 0 radical (unpaired) electrons. The first-order chi connectivity index (χ1) is 5.59. The molecule has 0 saturated heterocycles. The molecule has 12 heavy (non-hydrogen) atoms. The van der Waals surface area contributed by atoms with Gasteiger partial charge < -0.3 is 10.6 Å². The average molecular weight is 168 g/mol. The summed E-state index contributed by atoms with van der Waals surface area (Å²) in [5.41, 5.74) is 0.469. The molecule has 1 aliphatic rings. The van der Waals surface area contributed by atoms with Crippen LogP contribution in [-0.2, 0) is 4.79 Å². The Morgan fingerprint density at radius 2 is 2.08 bits per heavy atom. The first-order valence-electron chi connectivity index (χ1n) is 4.36. The van der Waals surface area contributed by atoms with Gasteiger partial charge in [0.2, 0.25) is 0 Å². The topological polar surface area (TPSA) is 41.1 Å². The van der Waals surface area contributed by atoms with Crippen molar-refractivity contribution in [2.75, 3.05) is 0 Å². The van der Waals surface area contributed by atoms with Gasteiger partial charge in [0.1, 0.15) is 0 Å². The van der Waals surface area contributed by atoms with Gasteiger partial charge in [-0.2, -0.15) is 0 Å². The van der Waals surface area contributed by atoms with Gasteiger partial charge in [-0.15, -0.1) is 0 Å². The number of amides is 1. The van der Waals surface area contributed by atoms with Crippen LogP contribution in [0.4, 0.5) is 0 Å². The Morgan fingerprint density at radius 3 is 2.50 bits per heavy atom. The van der Waals surface area contributed by atoms with E-state index < -0.39 is 0 Å². The molecule has 1 rings (SSSR count). The van der Waals surface area contributed by atoms with Crippen LogP contribution in [0.5, 0.6) is 0 Å². The minimum absolute atomic E-state index is 0.0637. The minimum atomic E-state index is -0.0637. The molecule has 1 amide bonds. The maximum atomic E-state index is 11.3. The highest BCUT2D eigenvalue weighted by Crippen LogP contribution is 2.18. The van der Waals surface area contributed by atoms with Crippen LogP contribution in [0.1, 0.15) is 26.7 Å². The van der Waals surface area contributed by atoms with Crippen LogP contribution in [0.25, 0.3) is 0 Å². The normalized spacial score (nSPS) is 15.9. The first-order valence-corrected chi connectivity index (χ1v) is 4.36. The van der Waals surface area contributed by atoms with Gasteiger partial charge in [-0.3, -0.25) is 4.79 Å². The molecule has 0 bridgehead atoms. The molecule has 68 valence electrons. The average Bonchev–Trinajstić information content (AvgIpc) is 2.70. The van der Waals surface area contributed by atoms with Gasteiger partial charge in [-0.25, -0.2) is 0 Å². The van der Waals surface area contributed by atoms with E-state index in [2.05, 4.69) is 17.2 Å². The number of hydrogen-bond acceptors (Lipinski definition) is 2. The van der Waals surface area contributed by atoms with E-state index in [1.807, 2.05) is 13.8 Å². The van der Waals surface area contributed by atoms with Gasteiger partial charge in [0.05, 0.1) is 5.70 Å². The zero-order valence-corrected chi connectivity index (χ0v) is 7.68. The number of rotatable bonds is 4. The Balaban J connectivity index is 2.25. The molecule has 0 aliphatic heterocycles. The number of nitrogens with one attached hydrogen (secondary N) is 2. The molecule has 0 unspecified atom stereocenters. The lowest BCUT2D eigenvalue weighted by Crippen LogP contribution is -2.35. The predicted octanol–water partition coefficient (Wildman–Crippen LogP) is 0.777. The van der Waals surface area contributed by atoms with Crippen molar-refractivity contribution in [2.45, 2.75) is 38.8 Å². The largest absolute Gasteiger partial charge is 0.379 e. The molecule has 2 N–H and O–H groups in total. The molecular formula is C9H16N2O. The molecule has 0 heterocycles. The van der Waals surface area contributed by atoms with Crippen molar-refractivity contribution in [3.8, 4) is 0 Å². The minimum Gasteiger partial charge on any atom is -0.379 e. The van der Waals surface area contributed by atoms with Crippen molar-refractivity contribution in [1.29, 1.82) is 0 Å². The molecule has 0 aromatic rings. The van der Waals surface area contributed by atoms with Gasteiger partial charge in [-0.1, -0.05) is 6.58 Å². The zero-order valence-electron chi connectivity index (χ0n) is 7.68. The molecule has 1 aliphatic carbocycles. The van der Waals surface area contributed by atoms with Gasteiger partial charge >= 0.3 is 0 Å². The summed E-state index contributed by atoms with van der Waals surface area (Å²) in [5.74, 6) is -0.0637. The fourth-order valence-corrected chi connectivity index (χ4v) is 0.914. The van der Waals surface area contributed by atoms with Crippen molar-refractivity contribution < 1.29 is 4.79 Å². The van der Waals surface area contributed by atoms with Crippen LogP contribution in [0.3, 0.4) is 0 Å². The molecule has 1 saturated carbocycles. The van der Waals surface area contributed by atoms with E-state index in [9.17, 15) is 4.79 Å². The van der Waals surface area contributed by atoms with E-state index >= 15 is 0 Å². The SMILES string of the molecule is C=C(NC(C)C)C(=O)NC1CC1. The summed E-state index contributed by atoms with van der Waals surface area (Å²) in [5, 5.41) is 5.83. The van der Waals surface area contributed by atoms with Crippen molar-refractivity contribution in [2.24, 2.45) is 0 Å². The lowest BCUT2D eigenvalue weighted by atomic mass is 10.3. The molecule has 3 heteroatoms. The second-order valence-electron chi connectivity index (χ2n) is 3.53. The van der Waals surface area contributed by atoms with Crippen LogP contribution in [-0.4, -0.2) is 18.0 Å². The van der Waals surface area contributed by atoms with Crippen molar-refractivity contribution in [3.05, 3.63) is 12.3 Å². The van der Waals surface area contributed by atoms with Crippen LogP contribution in [0, 0.1) is 0 Å². The van der Waals surface area contributed by atoms with E-state index in [1.54, 1.807) is 0 Å². The highest BCUT2D eigenvalue weighted by atomic mass is 16.2. The Hall–Kier alpha value is -0.990. The second kappa shape index (κ2) is 3.61. The third-order valence-corrected chi connectivity index (χ3v) is 1.65. The van der Waals surface area contributed by atoms with Crippen LogP contribution < -0.4 is 10.6 Å². The number of carbonyl (C=O) groups excluding carboxylic acids is 1. The Morgan fingerprint density at radius 1 is 1.50 bits per heavy atom. The fourth-order valence-electron chi connectivity index (χ4n) is 0.914. The lowest BCUT2D eigenvalue weighted by molar-refractivity contribution is -0.118. The van der Waals surface area contributed by atoms with Crippen molar-refractivity contribution in [1.82, 2.24) is 10.6 Å². The highest BCUT2D eigenvalue weighted by molar-refractivity contribution is 5.92. The maximum Gasteiger partial charge on any atom is 0.266 e. The Bertz CT molecular complexity index is 181. The van der Waals surface area contributed by atoms with E-state index in [0.29, 0.717) is 11.7 Å².